The number of rotatable bonds is 17. The fraction of sp³-hybridized carbons (Fsp3) is 0.600. The van der Waals surface area contributed by atoms with E-state index in [4.69, 9.17) is 9.47 Å². The van der Waals surface area contributed by atoms with Crippen molar-refractivity contribution in [2.75, 3.05) is 19.7 Å². The molecule has 3 aliphatic rings. The highest BCUT2D eigenvalue weighted by atomic mass is 79.9. The van der Waals surface area contributed by atoms with Gasteiger partial charge in [0, 0.05) is 24.3 Å². The van der Waals surface area contributed by atoms with Gasteiger partial charge in [-0.15, -0.1) is 13.2 Å². The number of alkyl halides is 1. The van der Waals surface area contributed by atoms with E-state index >= 15 is 0 Å². The number of nitrogens with one attached hydrogen (secondary N) is 1. The molecule has 1 aromatic rings. The number of unbranched alkanes of at least 4 members (excludes halogenated alkanes) is 2. The summed E-state index contributed by atoms with van der Waals surface area (Å²) < 4.78 is 12.8. The predicted molar refractivity (Wildman–Crippen MR) is 178 cm³/mol. The zero-order chi connectivity index (χ0) is 33.6. The van der Waals surface area contributed by atoms with Gasteiger partial charge in [0.25, 0.3) is 0 Å². The number of allylic oxidation sites excluding steroid dienone is 1. The number of hydrogen-bond donors (Lipinski definition) is 2. The molecule has 3 amide bonds. The number of ether oxygens (including phenoxy) is 2. The van der Waals surface area contributed by atoms with Crippen molar-refractivity contribution in [3.8, 4) is 0 Å². The molecule has 2 N–H and O–H groups in total. The number of carbonyl (C=O) groups is 4. The molecule has 3 saturated heterocycles. The number of fused-ring (bicyclic) bond motifs is 1. The lowest BCUT2D eigenvalue weighted by Gasteiger charge is -2.38. The molecule has 1 aromatic carbocycles. The van der Waals surface area contributed by atoms with Gasteiger partial charge in [-0.25, -0.2) is 0 Å². The molecule has 0 radical (unpaired) electrons. The fourth-order valence-electron chi connectivity index (χ4n) is 7.29. The summed E-state index contributed by atoms with van der Waals surface area (Å²) >= 11 is 3.70. The Kier molecular flexibility index (Phi) is 12.2. The number of nitrogens with zero attached hydrogens (tertiary/aromatic N) is 2. The van der Waals surface area contributed by atoms with Gasteiger partial charge in [-0.05, 0) is 38.7 Å². The third kappa shape index (κ3) is 6.96. The molecule has 46 heavy (non-hydrogen) atoms. The van der Waals surface area contributed by atoms with Gasteiger partial charge >= 0.3 is 5.97 Å². The average Bonchev–Trinajstić information content (AvgIpc) is 3.65. The SMILES string of the molecule is C=CCCC(=O)N[C@@H](C)[C@H](OC(=O)[C@@H]1[C@H]2O[C@@]3(CC2Br)[C@H](C(=O)N(CC=C)CCCCC)N([C@H](C)CO)C(=O)[C@@H]13)c1ccccc1. The van der Waals surface area contributed by atoms with Crippen LogP contribution in [-0.4, -0.2) is 93.0 Å². The van der Waals surface area contributed by atoms with Crippen LogP contribution >= 0.6 is 15.9 Å². The van der Waals surface area contributed by atoms with E-state index in [2.05, 4.69) is 41.3 Å². The van der Waals surface area contributed by atoms with E-state index in [0.29, 0.717) is 31.5 Å². The lowest BCUT2D eigenvalue weighted by atomic mass is 9.70. The van der Waals surface area contributed by atoms with Crippen molar-refractivity contribution in [3.05, 3.63) is 61.2 Å². The Morgan fingerprint density at radius 2 is 1.93 bits per heavy atom. The second-order valence-electron chi connectivity index (χ2n) is 12.7. The third-order valence-electron chi connectivity index (χ3n) is 9.45. The van der Waals surface area contributed by atoms with Crippen molar-refractivity contribution in [2.24, 2.45) is 11.8 Å². The Morgan fingerprint density at radius 1 is 1.22 bits per heavy atom. The summed E-state index contributed by atoms with van der Waals surface area (Å²) in [6, 6.07) is 6.86. The minimum atomic E-state index is -1.28. The Labute approximate surface area is 280 Å². The average molecular weight is 703 g/mol. The Hall–Kier alpha value is -3.02. The van der Waals surface area contributed by atoms with Gasteiger partial charge in [0.15, 0.2) is 0 Å². The first-order valence-corrected chi connectivity index (χ1v) is 17.3. The topological polar surface area (TPSA) is 125 Å². The highest BCUT2D eigenvalue weighted by Gasteiger charge is 2.77. The molecule has 3 fully saturated rings. The zero-order valence-electron chi connectivity index (χ0n) is 27.1. The van der Waals surface area contributed by atoms with Crippen LogP contribution in [0.2, 0.25) is 0 Å². The van der Waals surface area contributed by atoms with Crippen LogP contribution in [0.25, 0.3) is 0 Å². The van der Waals surface area contributed by atoms with E-state index in [-0.39, 0.29) is 29.7 Å². The van der Waals surface area contributed by atoms with E-state index in [1.54, 1.807) is 30.9 Å². The molecule has 0 aliphatic carbocycles. The van der Waals surface area contributed by atoms with E-state index < -0.39 is 59.6 Å². The largest absolute Gasteiger partial charge is 0.455 e. The number of esters is 1. The van der Waals surface area contributed by atoms with Gasteiger partial charge in [-0.2, -0.15) is 0 Å². The minimum Gasteiger partial charge on any atom is -0.455 e. The molecule has 252 valence electrons. The summed E-state index contributed by atoms with van der Waals surface area (Å²) in [5.41, 5.74) is -0.591. The van der Waals surface area contributed by atoms with Crippen molar-refractivity contribution < 1.29 is 33.8 Å². The van der Waals surface area contributed by atoms with Crippen LogP contribution in [0.1, 0.15) is 71.0 Å². The van der Waals surface area contributed by atoms with Crippen molar-refractivity contribution in [1.82, 2.24) is 15.1 Å². The first-order valence-electron chi connectivity index (χ1n) is 16.4. The van der Waals surface area contributed by atoms with Gasteiger partial charge < -0.3 is 29.7 Å². The Morgan fingerprint density at radius 3 is 2.57 bits per heavy atom. The first-order chi connectivity index (χ1) is 22.1. The molecule has 11 heteroatoms. The summed E-state index contributed by atoms with van der Waals surface area (Å²) in [6.45, 7) is 13.5. The number of aliphatic hydroxyl groups is 1. The molecular formula is C35H48BrN3O7. The molecule has 0 aromatic heterocycles. The monoisotopic (exact) mass is 701 g/mol. The Balaban J connectivity index is 1.68. The van der Waals surface area contributed by atoms with Gasteiger partial charge in [-0.3, -0.25) is 19.2 Å². The lowest BCUT2D eigenvalue weighted by molar-refractivity contribution is -0.162. The molecule has 9 atom stereocenters. The summed E-state index contributed by atoms with van der Waals surface area (Å²) in [4.78, 5) is 58.4. The van der Waals surface area contributed by atoms with Crippen LogP contribution in [0.5, 0.6) is 0 Å². The molecule has 1 unspecified atom stereocenters. The maximum Gasteiger partial charge on any atom is 0.313 e. The van der Waals surface area contributed by atoms with Crippen LogP contribution < -0.4 is 5.32 Å². The van der Waals surface area contributed by atoms with Crippen LogP contribution in [0.4, 0.5) is 0 Å². The summed E-state index contributed by atoms with van der Waals surface area (Å²) in [7, 11) is 0. The third-order valence-corrected chi connectivity index (χ3v) is 10.3. The summed E-state index contributed by atoms with van der Waals surface area (Å²) in [5, 5.41) is 13.1. The van der Waals surface area contributed by atoms with Crippen molar-refractivity contribution in [2.45, 2.75) is 100 Å². The van der Waals surface area contributed by atoms with Crippen molar-refractivity contribution >= 4 is 39.6 Å². The van der Waals surface area contributed by atoms with Gasteiger partial charge in [0.05, 0.1) is 36.6 Å². The molecule has 3 aliphatic heterocycles. The molecule has 3 heterocycles. The summed E-state index contributed by atoms with van der Waals surface area (Å²) in [6.07, 6.45) is 5.62. The number of amides is 3. The van der Waals surface area contributed by atoms with E-state index in [1.807, 2.05) is 30.3 Å². The predicted octanol–water partition coefficient (Wildman–Crippen LogP) is 4.08. The lowest BCUT2D eigenvalue weighted by Crippen LogP contribution is -2.58. The van der Waals surface area contributed by atoms with E-state index in [0.717, 1.165) is 19.3 Å². The number of aliphatic hydroxyl groups excluding tert-OH is 1. The molecule has 2 bridgehead atoms. The van der Waals surface area contributed by atoms with Crippen LogP contribution in [-0.2, 0) is 28.7 Å². The molecule has 10 nitrogen and oxygen atoms in total. The van der Waals surface area contributed by atoms with Gasteiger partial charge in [0.2, 0.25) is 17.7 Å². The minimum absolute atomic E-state index is 0.198. The standard InChI is InChI=1S/C35H48BrN3O7/c1-6-9-14-19-38(18-8-3)33(43)31-35-20-25(36)30(46-35)27(28(35)32(42)39(31)22(4)21-40)34(44)45-29(24-15-12-11-13-16-24)23(5)37-26(41)17-10-7-2/h7-8,11-13,15-16,22-23,25,27-31,40H,2-3,6,9-10,14,17-21H2,1,4-5H3,(H,37,41)/t22-,23+,25?,27+,28-,29+,30+,31+,35-/m1/s1. The van der Waals surface area contributed by atoms with Crippen LogP contribution in [0.15, 0.2) is 55.6 Å². The molecule has 4 rings (SSSR count). The second-order valence-corrected chi connectivity index (χ2v) is 13.8. The zero-order valence-corrected chi connectivity index (χ0v) is 28.7. The van der Waals surface area contributed by atoms with Crippen LogP contribution in [0, 0.1) is 11.8 Å². The number of halogens is 1. The number of hydrogen-bond acceptors (Lipinski definition) is 7. The number of likely N-dealkylation sites (tertiary alicyclic amines) is 1. The highest BCUT2D eigenvalue weighted by molar-refractivity contribution is 9.09. The first kappa shape index (κ1) is 35.8. The Bertz CT molecular complexity index is 1280. The molecular weight excluding hydrogens is 654 g/mol. The van der Waals surface area contributed by atoms with Crippen LogP contribution in [0.3, 0.4) is 0 Å². The van der Waals surface area contributed by atoms with E-state index in [9.17, 15) is 24.3 Å². The van der Waals surface area contributed by atoms with Gasteiger partial charge in [0.1, 0.15) is 17.7 Å². The molecule has 1 spiro atoms. The van der Waals surface area contributed by atoms with Crippen molar-refractivity contribution in [3.63, 3.8) is 0 Å². The number of carbonyl (C=O) groups excluding carboxylic acids is 4. The normalized spacial score (nSPS) is 28.2. The fourth-order valence-corrected chi connectivity index (χ4v) is 8.23. The number of benzene rings is 1. The molecule has 0 saturated carbocycles. The smallest absolute Gasteiger partial charge is 0.313 e. The quantitative estimate of drug-likeness (QED) is 0.109. The summed E-state index contributed by atoms with van der Waals surface area (Å²) in [5.74, 6) is -3.49. The maximum absolute atomic E-state index is 14.4. The second kappa shape index (κ2) is 15.7. The van der Waals surface area contributed by atoms with Gasteiger partial charge in [-0.1, -0.05) is 78.2 Å². The van der Waals surface area contributed by atoms with Crippen molar-refractivity contribution in [1.29, 1.82) is 0 Å². The van der Waals surface area contributed by atoms with E-state index in [1.165, 1.54) is 4.90 Å². The highest BCUT2D eigenvalue weighted by Crippen LogP contribution is 2.61. The maximum atomic E-state index is 14.4.